The number of pyridine rings is 1. The Morgan fingerprint density at radius 2 is 1.91 bits per heavy atom. The fourth-order valence-electron chi connectivity index (χ4n) is 2.87. The number of hydrogen-bond acceptors (Lipinski definition) is 5. The van der Waals surface area contributed by atoms with Gasteiger partial charge in [-0.25, -0.2) is 0 Å². The molecule has 0 saturated carbocycles. The molecule has 0 N–H and O–H groups in total. The number of amides is 3. The van der Waals surface area contributed by atoms with Crippen molar-refractivity contribution < 1.29 is 19.1 Å². The van der Waals surface area contributed by atoms with Crippen LogP contribution < -0.4 is 4.74 Å². The number of ether oxygens (including phenoxy) is 1. The van der Waals surface area contributed by atoms with E-state index in [4.69, 9.17) is 4.74 Å². The first-order valence-corrected chi connectivity index (χ1v) is 7.81. The molecule has 2 aliphatic heterocycles. The SMILES string of the molecule is O=C(CN1C(=O)CCC1=O)N1CCC(Oc2cccnc2)CC1. The lowest BCUT2D eigenvalue weighted by molar-refractivity contribution is -0.146. The monoisotopic (exact) mass is 317 g/mol. The van der Waals surface area contributed by atoms with Crippen LogP contribution in [0.5, 0.6) is 5.75 Å². The summed E-state index contributed by atoms with van der Waals surface area (Å²) in [5.74, 6) is 0.0512. The molecule has 23 heavy (non-hydrogen) atoms. The summed E-state index contributed by atoms with van der Waals surface area (Å²) in [7, 11) is 0. The van der Waals surface area contributed by atoms with Gasteiger partial charge in [-0.2, -0.15) is 0 Å². The highest BCUT2D eigenvalue weighted by Crippen LogP contribution is 2.19. The number of rotatable bonds is 4. The molecule has 7 nitrogen and oxygen atoms in total. The van der Waals surface area contributed by atoms with E-state index in [9.17, 15) is 14.4 Å². The van der Waals surface area contributed by atoms with E-state index in [0.717, 1.165) is 23.5 Å². The topological polar surface area (TPSA) is 79.8 Å². The van der Waals surface area contributed by atoms with Gasteiger partial charge in [0.1, 0.15) is 18.4 Å². The first-order valence-electron chi connectivity index (χ1n) is 7.81. The fraction of sp³-hybridized carbons (Fsp3) is 0.500. The number of aromatic nitrogens is 1. The zero-order valence-corrected chi connectivity index (χ0v) is 12.8. The normalized spacial score (nSPS) is 19.3. The summed E-state index contributed by atoms with van der Waals surface area (Å²) in [5, 5.41) is 0. The number of nitrogens with zero attached hydrogens (tertiary/aromatic N) is 3. The van der Waals surface area contributed by atoms with Crippen molar-refractivity contribution >= 4 is 17.7 Å². The second-order valence-corrected chi connectivity index (χ2v) is 5.76. The van der Waals surface area contributed by atoms with E-state index < -0.39 is 0 Å². The highest BCUT2D eigenvalue weighted by molar-refractivity contribution is 6.04. The van der Waals surface area contributed by atoms with Gasteiger partial charge in [0.25, 0.3) is 0 Å². The van der Waals surface area contributed by atoms with Gasteiger partial charge < -0.3 is 9.64 Å². The van der Waals surface area contributed by atoms with Gasteiger partial charge in [-0.05, 0) is 12.1 Å². The van der Waals surface area contributed by atoms with Crippen molar-refractivity contribution in [2.75, 3.05) is 19.6 Å². The van der Waals surface area contributed by atoms with Gasteiger partial charge in [0.2, 0.25) is 17.7 Å². The van der Waals surface area contributed by atoms with E-state index in [1.165, 1.54) is 0 Å². The molecular weight excluding hydrogens is 298 g/mol. The number of piperidine rings is 1. The smallest absolute Gasteiger partial charge is 0.242 e. The van der Waals surface area contributed by atoms with Gasteiger partial charge in [0.15, 0.2) is 0 Å². The predicted molar refractivity (Wildman–Crippen MR) is 80.4 cm³/mol. The Morgan fingerprint density at radius 1 is 1.22 bits per heavy atom. The molecule has 2 saturated heterocycles. The molecule has 0 aromatic carbocycles. The van der Waals surface area contributed by atoms with E-state index in [-0.39, 0.29) is 43.2 Å². The van der Waals surface area contributed by atoms with Crippen LogP contribution >= 0.6 is 0 Å². The van der Waals surface area contributed by atoms with Gasteiger partial charge in [-0.15, -0.1) is 0 Å². The molecule has 0 bridgehead atoms. The summed E-state index contributed by atoms with van der Waals surface area (Å²) in [6, 6.07) is 3.67. The third kappa shape index (κ3) is 3.67. The first kappa shape index (κ1) is 15.5. The molecule has 3 amide bonds. The maximum atomic E-state index is 12.2. The number of imide groups is 1. The minimum absolute atomic E-state index is 0.0540. The minimum Gasteiger partial charge on any atom is -0.489 e. The second kappa shape index (κ2) is 6.76. The Labute approximate surface area is 134 Å². The quantitative estimate of drug-likeness (QED) is 0.760. The van der Waals surface area contributed by atoms with E-state index in [1.807, 2.05) is 12.1 Å². The number of carbonyl (C=O) groups excluding carboxylic acids is 3. The Kier molecular flexibility index (Phi) is 4.55. The van der Waals surface area contributed by atoms with Crippen molar-refractivity contribution in [3.8, 4) is 5.75 Å². The summed E-state index contributed by atoms with van der Waals surface area (Å²) < 4.78 is 5.83. The minimum atomic E-state index is -0.252. The summed E-state index contributed by atoms with van der Waals surface area (Å²) in [5.41, 5.74) is 0. The van der Waals surface area contributed by atoms with Crippen LogP contribution in [-0.2, 0) is 14.4 Å². The van der Waals surface area contributed by atoms with E-state index in [0.29, 0.717) is 13.1 Å². The maximum absolute atomic E-state index is 12.2. The maximum Gasteiger partial charge on any atom is 0.242 e. The van der Waals surface area contributed by atoms with Crippen molar-refractivity contribution in [1.82, 2.24) is 14.8 Å². The van der Waals surface area contributed by atoms with E-state index in [2.05, 4.69) is 4.98 Å². The second-order valence-electron chi connectivity index (χ2n) is 5.76. The van der Waals surface area contributed by atoms with Crippen LogP contribution in [0.1, 0.15) is 25.7 Å². The van der Waals surface area contributed by atoms with Crippen LogP contribution in [0.2, 0.25) is 0 Å². The zero-order chi connectivity index (χ0) is 16.2. The summed E-state index contributed by atoms with van der Waals surface area (Å²) >= 11 is 0. The van der Waals surface area contributed by atoms with Gasteiger partial charge >= 0.3 is 0 Å². The lowest BCUT2D eigenvalue weighted by Gasteiger charge is -2.32. The number of likely N-dealkylation sites (tertiary alicyclic amines) is 2. The molecule has 0 aliphatic carbocycles. The average Bonchev–Trinajstić information content (AvgIpc) is 2.88. The summed E-state index contributed by atoms with van der Waals surface area (Å²) in [6.45, 7) is 1.01. The van der Waals surface area contributed by atoms with Crippen LogP contribution in [0.4, 0.5) is 0 Å². The van der Waals surface area contributed by atoms with Gasteiger partial charge in [-0.1, -0.05) is 0 Å². The molecule has 7 heteroatoms. The standard InChI is InChI=1S/C16H19N3O4/c20-14-3-4-15(21)19(14)11-16(22)18-8-5-12(6-9-18)23-13-2-1-7-17-10-13/h1-2,7,10,12H,3-6,8-9,11H2. The fourth-order valence-corrected chi connectivity index (χ4v) is 2.87. The largest absolute Gasteiger partial charge is 0.489 e. The average molecular weight is 317 g/mol. The lowest BCUT2D eigenvalue weighted by atomic mass is 10.1. The van der Waals surface area contributed by atoms with E-state index >= 15 is 0 Å². The molecule has 1 aromatic heterocycles. The predicted octanol–water partition coefficient (Wildman–Crippen LogP) is 0.600. The molecule has 3 heterocycles. The molecule has 2 aliphatic rings. The summed E-state index contributed by atoms with van der Waals surface area (Å²) in [6.07, 6.45) is 5.29. The highest BCUT2D eigenvalue weighted by Gasteiger charge is 2.32. The molecule has 1 aromatic rings. The molecule has 2 fully saturated rings. The van der Waals surface area contributed by atoms with Crippen LogP contribution in [0, 0.1) is 0 Å². The molecule has 0 radical (unpaired) electrons. The van der Waals surface area contributed by atoms with Crippen molar-refractivity contribution in [3.63, 3.8) is 0 Å². The lowest BCUT2D eigenvalue weighted by Crippen LogP contribution is -2.47. The Balaban J connectivity index is 1.48. The molecule has 122 valence electrons. The third-order valence-electron chi connectivity index (χ3n) is 4.18. The zero-order valence-electron chi connectivity index (χ0n) is 12.8. The molecular formula is C16H19N3O4. The van der Waals surface area contributed by atoms with Crippen LogP contribution in [0.25, 0.3) is 0 Å². The Bertz CT molecular complexity index is 581. The van der Waals surface area contributed by atoms with Gasteiger partial charge in [0, 0.05) is 45.0 Å². The van der Waals surface area contributed by atoms with Gasteiger partial charge in [-0.3, -0.25) is 24.3 Å². The van der Waals surface area contributed by atoms with E-state index in [1.54, 1.807) is 17.3 Å². The van der Waals surface area contributed by atoms with Crippen molar-refractivity contribution in [2.24, 2.45) is 0 Å². The summed E-state index contributed by atoms with van der Waals surface area (Å²) in [4.78, 5) is 42.1. The number of hydrogen-bond donors (Lipinski definition) is 0. The highest BCUT2D eigenvalue weighted by atomic mass is 16.5. The molecule has 0 atom stereocenters. The molecule has 0 unspecified atom stereocenters. The van der Waals surface area contributed by atoms with Crippen molar-refractivity contribution in [2.45, 2.75) is 31.8 Å². The Hall–Kier alpha value is -2.44. The van der Waals surface area contributed by atoms with Crippen LogP contribution in [0.3, 0.4) is 0 Å². The molecule has 0 spiro atoms. The number of carbonyl (C=O) groups is 3. The van der Waals surface area contributed by atoms with Gasteiger partial charge in [0.05, 0.1) is 6.20 Å². The van der Waals surface area contributed by atoms with Crippen LogP contribution in [0.15, 0.2) is 24.5 Å². The third-order valence-corrected chi connectivity index (χ3v) is 4.18. The Morgan fingerprint density at radius 3 is 2.52 bits per heavy atom. The first-order chi connectivity index (χ1) is 11.1. The van der Waals surface area contributed by atoms with Crippen LogP contribution in [-0.4, -0.2) is 58.2 Å². The van der Waals surface area contributed by atoms with Crippen molar-refractivity contribution in [1.29, 1.82) is 0 Å². The van der Waals surface area contributed by atoms with Crippen molar-refractivity contribution in [3.05, 3.63) is 24.5 Å². The molecule has 3 rings (SSSR count).